The van der Waals surface area contributed by atoms with Crippen molar-refractivity contribution < 1.29 is 9.84 Å². The van der Waals surface area contributed by atoms with Crippen LogP contribution in [-0.4, -0.2) is 23.4 Å². The smallest absolute Gasteiger partial charge is 0.0848 e. The molecule has 2 rings (SSSR count). The molecule has 5 atom stereocenters. The van der Waals surface area contributed by atoms with E-state index in [2.05, 4.69) is 18.7 Å². The van der Waals surface area contributed by atoms with Gasteiger partial charge in [0.1, 0.15) is 0 Å². The van der Waals surface area contributed by atoms with E-state index in [-0.39, 0.29) is 18.3 Å². The Hall–Kier alpha value is -0.600. The van der Waals surface area contributed by atoms with Crippen LogP contribution in [0.4, 0.5) is 0 Å². The predicted molar refractivity (Wildman–Crippen MR) is 65.1 cm³/mol. The minimum Gasteiger partial charge on any atom is -0.393 e. The molecule has 1 saturated carbocycles. The third-order valence-electron chi connectivity index (χ3n) is 3.57. The Morgan fingerprint density at radius 3 is 2.94 bits per heavy atom. The van der Waals surface area contributed by atoms with Crippen LogP contribution in [0.25, 0.3) is 0 Å². The summed E-state index contributed by atoms with van der Waals surface area (Å²) in [6.07, 6.45) is 7.55. The van der Waals surface area contributed by atoms with Gasteiger partial charge in [0.2, 0.25) is 0 Å². The third kappa shape index (κ3) is 2.55. The molecule has 0 unspecified atom stereocenters. The first-order chi connectivity index (χ1) is 7.56. The largest absolute Gasteiger partial charge is 0.393 e. The Labute approximate surface area is 98.0 Å². The van der Waals surface area contributed by atoms with Crippen LogP contribution in [0, 0.1) is 11.8 Å². The number of hydrogen-bond donors (Lipinski definition) is 1. The zero-order chi connectivity index (χ0) is 11.7. The lowest BCUT2D eigenvalue weighted by Crippen LogP contribution is -2.32. The van der Waals surface area contributed by atoms with E-state index in [0.29, 0.717) is 18.3 Å². The Morgan fingerprint density at radius 1 is 1.50 bits per heavy atom. The minimum atomic E-state index is -0.293. The summed E-state index contributed by atoms with van der Waals surface area (Å²) in [7, 11) is 0. The first-order valence-corrected chi connectivity index (χ1v) is 6.25. The minimum absolute atomic E-state index is 0.104. The van der Waals surface area contributed by atoms with E-state index in [4.69, 9.17) is 4.74 Å². The summed E-state index contributed by atoms with van der Waals surface area (Å²) >= 11 is 0. The van der Waals surface area contributed by atoms with Gasteiger partial charge in [-0.15, -0.1) is 0 Å². The summed E-state index contributed by atoms with van der Waals surface area (Å²) in [4.78, 5) is 0. The summed E-state index contributed by atoms with van der Waals surface area (Å²) in [5, 5.41) is 9.33. The first-order valence-electron chi connectivity index (χ1n) is 6.25. The average Bonchev–Trinajstić information content (AvgIpc) is 2.55. The summed E-state index contributed by atoms with van der Waals surface area (Å²) in [5.41, 5.74) is 1.23. The van der Waals surface area contributed by atoms with Crippen molar-refractivity contribution in [2.75, 3.05) is 0 Å². The van der Waals surface area contributed by atoms with E-state index >= 15 is 0 Å². The van der Waals surface area contributed by atoms with Gasteiger partial charge >= 0.3 is 0 Å². The fraction of sp³-hybridized carbons (Fsp3) is 0.714. The molecule has 0 heterocycles. The van der Waals surface area contributed by atoms with Crippen molar-refractivity contribution in [1.29, 1.82) is 0 Å². The van der Waals surface area contributed by atoms with Crippen molar-refractivity contribution in [2.45, 2.75) is 51.4 Å². The number of hydrogen-bond acceptors (Lipinski definition) is 2. The van der Waals surface area contributed by atoms with E-state index in [1.807, 2.05) is 6.92 Å². The van der Waals surface area contributed by atoms with Gasteiger partial charge in [-0.2, -0.15) is 0 Å². The highest BCUT2D eigenvalue weighted by Gasteiger charge is 2.35. The number of allylic oxidation sites excluding steroid dienone is 1. The molecule has 0 spiro atoms. The quantitative estimate of drug-likeness (QED) is 0.741. The maximum absolute atomic E-state index is 9.33. The zero-order valence-electron chi connectivity index (χ0n) is 10.2. The van der Waals surface area contributed by atoms with Crippen LogP contribution in [0.15, 0.2) is 24.3 Å². The molecule has 1 N–H and O–H groups in total. The molecule has 2 heteroatoms. The lowest BCUT2D eigenvalue weighted by atomic mass is 9.82. The van der Waals surface area contributed by atoms with Gasteiger partial charge in [-0.25, -0.2) is 0 Å². The summed E-state index contributed by atoms with van der Waals surface area (Å²) in [6.45, 7) is 7.98. The second-order valence-electron chi connectivity index (χ2n) is 5.36. The molecule has 0 saturated heterocycles. The van der Waals surface area contributed by atoms with E-state index in [1.165, 1.54) is 12.0 Å². The van der Waals surface area contributed by atoms with Crippen LogP contribution in [0.3, 0.4) is 0 Å². The standard InChI is InChI=1S/C14H22O2/c1-9-6-12-4-5-13(8-12)14(9)16-11(3)7-10(2)15/h4-5,10-15H,1,6-8H2,2-3H3/t10-,11-,12+,13+,14-/m0/s1. The second-order valence-corrected chi connectivity index (χ2v) is 5.36. The molecule has 0 aliphatic heterocycles. The number of aliphatic hydroxyl groups is 1. The molecule has 90 valence electrons. The van der Waals surface area contributed by atoms with Crippen molar-refractivity contribution in [1.82, 2.24) is 0 Å². The van der Waals surface area contributed by atoms with Crippen LogP contribution in [0.1, 0.15) is 33.1 Å². The van der Waals surface area contributed by atoms with Gasteiger partial charge in [-0.1, -0.05) is 18.7 Å². The van der Waals surface area contributed by atoms with Crippen LogP contribution in [0.2, 0.25) is 0 Å². The van der Waals surface area contributed by atoms with E-state index in [1.54, 1.807) is 6.92 Å². The van der Waals surface area contributed by atoms with Crippen molar-refractivity contribution in [3.63, 3.8) is 0 Å². The van der Waals surface area contributed by atoms with Crippen molar-refractivity contribution in [2.24, 2.45) is 11.8 Å². The Kier molecular flexibility index (Phi) is 3.50. The third-order valence-corrected chi connectivity index (χ3v) is 3.57. The molecule has 2 bridgehead atoms. The number of ether oxygens (including phenoxy) is 1. The average molecular weight is 222 g/mol. The van der Waals surface area contributed by atoms with Crippen LogP contribution < -0.4 is 0 Å². The molecule has 2 aliphatic carbocycles. The van der Waals surface area contributed by atoms with Crippen molar-refractivity contribution >= 4 is 0 Å². The summed E-state index contributed by atoms with van der Waals surface area (Å²) < 4.78 is 6.03. The normalized spacial score (nSPS) is 36.4. The van der Waals surface area contributed by atoms with E-state index in [0.717, 1.165) is 6.42 Å². The highest BCUT2D eigenvalue weighted by atomic mass is 16.5. The molecule has 0 aromatic rings. The summed E-state index contributed by atoms with van der Waals surface area (Å²) in [6, 6.07) is 0. The molecular weight excluding hydrogens is 200 g/mol. The molecule has 2 nitrogen and oxygen atoms in total. The molecule has 16 heavy (non-hydrogen) atoms. The Bertz CT molecular complexity index is 293. The molecule has 0 aromatic carbocycles. The number of aliphatic hydroxyl groups excluding tert-OH is 1. The fourth-order valence-corrected chi connectivity index (χ4v) is 2.92. The van der Waals surface area contributed by atoms with Gasteiger partial charge in [0, 0.05) is 5.92 Å². The van der Waals surface area contributed by atoms with Crippen molar-refractivity contribution in [3.8, 4) is 0 Å². The maximum Gasteiger partial charge on any atom is 0.0848 e. The zero-order valence-corrected chi connectivity index (χ0v) is 10.2. The topological polar surface area (TPSA) is 29.5 Å². The van der Waals surface area contributed by atoms with Crippen LogP contribution in [0.5, 0.6) is 0 Å². The Morgan fingerprint density at radius 2 is 2.25 bits per heavy atom. The number of fused-ring (bicyclic) bond motifs is 2. The Balaban J connectivity index is 1.92. The molecule has 2 aliphatic rings. The van der Waals surface area contributed by atoms with Gasteiger partial charge in [-0.3, -0.25) is 0 Å². The van der Waals surface area contributed by atoms with Gasteiger partial charge < -0.3 is 9.84 Å². The highest BCUT2D eigenvalue weighted by molar-refractivity contribution is 5.21. The predicted octanol–water partition coefficient (Wildman–Crippen LogP) is 2.68. The van der Waals surface area contributed by atoms with Crippen LogP contribution >= 0.6 is 0 Å². The second kappa shape index (κ2) is 4.72. The maximum atomic E-state index is 9.33. The van der Waals surface area contributed by atoms with Gasteiger partial charge in [0.25, 0.3) is 0 Å². The van der Waals surface area contributed by atoms with Gasteiger partial charge in [-0.05, 0) is 44.6 Å². The monoisotopic (exact) mass is 222 g/mol. The van der Waals surface area contributed by atoms with Crippen LogP contribution in [-0.2, 0) is 4.74 Å². The molecular formula is C14H22O2. The SMILES string of the molecule is C=C1C[C@H]2C=C[C@H](C2)[C@H]1O[C@@H](C)C[C@H](C)O. The summed E-state index contributed by atoms with van der Waals surface area (Å²) in [5.74, 6) is 1.21. The molecule has 0 radical (unpaired) electrons. The highest BCUT2D eigenvalue weighted by Crippen LogP contribution is 2.41. The van der Waals surface area contributed by atoms with Gasteiger partial charge in [0.15, 0.2) is 0 Å². The van der Waals surface area contributed by atoms with E-state index < -0.39 is 0 Å². The fourth-order valence-electron chi connectivity index (χ4n) is 2.92. The first kappa shape index (κ1) is 11.9. The lowest BCUT2D eigenvalue weighted by Gasteiger charge is -2.33. The van der Waals surface area contributed by atoms with Gasteiger partial charge in [0.05, 0.1) is 18.3 Å². The molecule has 1 fully saturated rings. The number of rotatable bonds is 4. The van der Waals surface area contributed by atoms with Crippen molar-refractivity contribution in [3.05, 3.63) is 24.3 Å². The van der Waals surface area contributed by atoms with E-state index in [9.17, 15) is 5.11 Å². The lowest BCUT2D eigenvalue weighted by molar-refractivity contribution is -0.0327. The molecule has 0 amide bonds. The molecule has 0 aromatic heterocycles.